The molecular weight excluding hydrogens is 364 g/mol. The number of phenols is 2. The minimum atomic E-state index is -0.926. The van der Waals surface area contributed by atoms with E-state index in [1.807, 2.05) is 6.92 Å². The highest BCUT2D eigenvalue weighted by Gasteiger charge is 2.41. The maximum atomic E-state index is 12.1. The number of hydrogen-bond donors (Lipinski definition) is 3. The van der Waals surface area contributed by atoms with Crippen LogP contribution in [0, 0.1) is 11.8 Å². The van der Waals surface area contributed by atoms with Crippen molar-refractivity contribution in [2.24, 2.45) is 11.8 Å². The van der Waals surface area contributed by atoms with Gasteiger partial charge in [-0.1, -0.05) is 6.92 Å². The molecule has 7 heteroatoms. The van der Waals surface area contributed by atoms with Gasteiger partial charge in [0.15, 0.2) is 23.0 Å². The molecule has 0 aliphatic heterocycles. The van der Waals surface area contributed by atoms with Crippen molar-refractivity contribution in [3.63, 3.8) is 0 Å². The zero-order valence-electron chi connectivity index (χ0n) is 16.2. The third kappa shape index (κ3) is 3.17. The van der Waals surface area contributed by atoms with Crippen LogP contribution in [0.5, 0.6) is 28.7 Å². The Hall–Kier alpha value is -3.09. The standard InChI is InChI=1S/C21H24O7/c1-10-5-11-6-14(22)15(23)9-13(11)19(18(10)21(24)25)12-7-16(26-2)20(28-4)17(8-12)27-3/h6-10,18-19,22-23H,5H2,1-4H3,(H,24,25). The molecule has 0 saturated carbocycles. The molecule has 28 heavy (non-hydrogen) atoms. The van der Waals surface area contributed by atoms with Gasteiger partial charge in [0, 0.05) is 5.92 Å². The number of rotatable bonds is 5. The van der Waals surface area contributed by atoms with E-state index >= 15 is 0 Å². The van der Waals surface area contributed by atoms with Crippen LogP contribution in [-0.2, 0) is 11.2 Å². The van der Waals surface area contributed by atoms with Crippen molar-refractivity contribution in [3.8, 4) is 28.7 Å². The van der Waals surface area contributed by atoms with Crippen LogP contribution < -0.4 is 14.2 Å². The Labute approximate surface area is 163 Å². The van der Waals surface area contributed by atoms with Crippen molar-refractivity contribution < 1.29 is 34.3 Å². The van der Waals surface area contributed by atoms with E-state index in [1.54, 1.807) is 12.1 Å². The van der Waals surface area contributed by atoms with E-state index in [0.29, 0.717) is 34.8 Å². The Morgan fingerprint density at radius 1 is 0.964 bits per heavy atom. The molecule has 0 spiro atoms. The molecule has 0 amide bonds. The lowest BCUT2D eigenvalue weighted by Gasteiger charge is -2.36. The molecule has 3 atom stereocenters. The summed E-state index contributed by atoms with van der Waals surface area (Å²) in [6.45, 7) is 1.87. The lowest BCUT2D eigenvalue weighted by molar-refractivity contribution is -0.144. The van der Waals surface area contributed by atoms with Crippen molar-refractivity contribution in [2.75, 3.05) is 21.3 Å². The highest BCUT2D eigenvalue weighted by Crippen LogP contribution is 2.49. The van der Waals surface area contributed by atoms with Crippen LogP contribution in [0.2, 0.25) is 0 Å². The summed E-state index contributed by atoms with van der Waals surface area (Å²) in [6.07, 6.45) is 0.487. The van der Waals surface area contributed by atoms with Crippen LogP contribution in [0.3, 0.4) is 0 Å². The Morgan fingerprint density at radius 2 is 1.54 bits per heavy atom. The zero-order chi connectivity index (χ0) is 20.6. The van der Waals surface area contributed by atoms with E-state index in [0.717, 1.165) is 5.56 Å². The molecule has 0 saturated heterocycles. The second kappa shape index (κ2) is 7.50. The molecule has 7 nitrogen and oxygen atoms in total. The number of carboxylic acids is 1. The van der Waals surface area contributed by atoms with E-state index in [-0.39, 0.29) is 17.4 Å². The summed E-state index contributed by atoms with van der Waals surface area (Å²) < 4.78 is 16.2. The van der Waals surface area contributed by atoms with Crippen molar-refractivity contribution in [1.82, 2.24) is 0 Å². The fraction of sp³-hybridized carbons (Fsp3) is 0.381. The molecule has 2 aromatic carbocycles. The summed E-state index contributed by atoms with van der Waals surface area (Å²) >= 11 is 0. The van der Waals surface area contributed by atoms with Gasteiger partial charge >= 0.3 is 5.97 Å². The number of phenolic OH excluding ortho intramolecular Hbond substituents is 2. The minimum absolute atomic E-state index is 0.182. The molecular formula is C21H24O7. The van der Waals surface area contributed by atoms with Crippen LogP contribution >= 0.6 is 0 Å². The van der Waals surface area contributed by atoms with Crippen molar-refractivity contribution in [3.05, 3.63) is 41.0 Å². The number of aromatic hydroxyl groups is 2. The third-order valence-corrected chi connectivity index (χ3v) is 5.42. The van der Waals surface area contributed by atoms with Gasteiger partial charge in [0.2, 0.25) is 5.75 Å². The lowest BCUT2D eigenvalue weighted by atomic mass is 9.67. The van der Waals surface area contributed by atoms with Gasteiger partial charge in [-0.3, -0.25) is 4.79 Å². The van der Waals surface area contributed by atoms with Crippen LogP contribution in [0.1, 0.15) is 29.5 Å². The molecule has 3 N–H and O–H groups in total. The number of carboxylic acid groups (broad SMARTS) is 1. The first-order valence-corrected chi connectivity index (χ1v) is 8.89. The first kappa shape index (κ1) is 19.7. The maximum absolute atomic E-state index is 12.1. The van der Waals surface area contributed by atoms with E-state index in [4.69, 9.17) is 14.2 Å². The van der Waals surface area contributed by atoms with Gasteiger partial charge in [-0.05, 0) is 53.3 Å². The first-order valence-electron chi connectivity index (χ1n) is 8.89. The Bertz CT molecular complexity index is 881. The Kier molecular flexibility index (Phi) is 5.27. The van der Waals surface area contributed by atoms with Crippen molar-refractivity contribution >= 4 is 5.97 Å². The van der Waals surface area contributed by atoms with E-state index < -0.39 is 17.8 Å². The SMILES string of the molecule is COc1cc(C2c3cc(O)c(O)cc3CC(C)C2C(=O)O)cc(OC)c1OC. The van der Waals surface area contributed by atoms with E-state index in [1.165, 1.54) is 33.5 Å². The third-order valence-electron chi connectivity index (χ3n) is 5.42. The lowest BCUT2D eigenvalue weighted by Crippen LogP contribution is -2.34. The molecule has 0 fully saturated rings. The van der Waals surface area contributed by atoms with Gasteiger partial charge < -0.3 is 29.5 Å². The molecule has 0 bridgehead atoms. The Balaban J connectivity index is 2.28. The van der Waals surface area contributed by atoms with Crippen LogP contribution in [0.25, 0.3) is 0 Å². The summed E-state index contributed by atoms with van der Waals surface area (Å²) in [5.41, 5.74) is 2.13. The number of hydrogen-bond acceptors (Lipinski definition) is 6. The van der Waals surface area contributed by atoms with Crippen molar-refractivity contribution in [1.29, 1.82) is 0 Å². The average Bonchev–Trinajstić information content (AvgIpc) is 2.66. The zero-order valence-corrected chi connectivity index (χ0v) is 16.2. The molecule has 3 rings (SSSR count). The van der Waals surface area contributed by atoms with Gasteiger partial charge in [0.05, 0.1) is 27.2 Å². The van der Waals surface area contributed by atoms with Gasteiger partial charge in [-0.15, -0.1) is 0 Å². The molecule has 0 heterocycles. The van der Waals surface area contributed by atoms with Crippen LogP contribution in [-0.4, -0.2) is 42.6 Å². The normalized spacial score (nSPS) is 20.9. The molecule has 0 aromatic heterocycles. The van der Waals surface area contributed by atoms with Gasteiger partial charge in [0.25, 0.3) is 0 Å². The number of aliphatic carboxylic acids is 1. The first-order chi connectivity index (χ1) is 13.3. The van der Waals surface area contributed by atoms with Crippen molar-refractivity contribution in [2.45, 2.75) is 19.3 Å². The number of ether oxygens (including phenoxy) is 3. The van der Waals surface area contributed by atoms with Gasteiger partial charge in [0.1, 0.15) is 0 Å². The largest absolute Gasteiger partial charge is 0.504 e. The maximum Gasteiger partial charge on any atom is 0.307 e. The summed E-state index contributed by atoms with van der Waals surface area (Å²) in [4.78, 5) is 12.1. The highest BCUT2D eigenvalue weighted by molar-refractivity contribution is 5.74. The predicted molar refractivity (Wildman–Crippen MR) is 102 cm³/mol. The summed E-state index contributed by atoms with van der Waals surface area (Å²) in [6, 6.07) is 6.41. The van der Waals surface area contributed by atoms with E-state index in [9.17, 15) is 20.1 Å². The smallest absolute Gasteiger partial charge is 0.307 e. The predicted octanol–water partition coefficient (Wildman–Crippen LogP) is 3.15. The van der Waals surface area contributed by atoms with Gasteiger partial charge in [-0.25, -0.2) is 0 Å². The summed E-state index contributed by atoms with van der Waals surface area (Å²) in [7, 11) is 4.49. The highest BCUT2D eigenvalue weighted by atomic mass is 16.5. The topological polar surface area (TPSA) is 105 Å². The number of carbonyl (C=O) groups is 1. The molecule has 0 radical (unpaired) electrons. The number of methoxy groups -OCH3 is 3. The van der Waals surface area contributed by atoms with Crippen LogP contribution in [0.15, 0.2) is 24.3 Å². The summed E-state index contributed by atoms with van der Waals surface area (Å²) in [5, 5.41) is 29.9. The number of fused-ring (bicyclic) bond motifs is 1. The second-order valence-electron chi connectivity index (χ2n) is 7.02. The molecule has 150 valence electrons. The van der Waals surface area contributed by atoms with E-state index in [2.05, 4.69) is 0 Å². The second-order valence-corrected chi connectivity index (χ2v) is 7.02. The molecule has 3 unspecified atom stereocenters. The quantitative estimate of drug-likeness (QED) is 0.676. The molecule has 2 aromatic rings. The number of benzene rings is 2. The summed E-state index contributed by atoms with van der Waals surface area (Å²) in [5.74, 6) is -1.64. The fourth-order valence-electron chi connectivity index (χ4n) is 4.15. The van der Waals surface area contributed by atoms with Crippen LogP contribution in [0.4, 0.5) is 0 Å². The Morgan fingerprint density at radius 3 is 2.04 bits per heavy atom. The minimum Gasteiger partial charge on any atom is -0.504 e. The molecule has 1 aliphatic rings. The monoisotopic (exact) mass is 388 g/mol. The van der Waals surface area contributed by atoms with Gasteiger partial charge in [-0.2, -0.15) is 0 Å². The fourth-order valence-corrected chi connectivity index (χ4v) is 4.15. The molecule has 1 aliphatic carbocycles. The average molecular weight is 388 g/mol.